The van der Waals surface area contributed by atoms with Crippen LogP contribution in [0, 0.1) is 11.6 Å². The van der Waals surface area contributed by atoms with E-state index in [1.165, 1.54) is 36.4 Å². The van der Waals surface area contributed by atoms with Crippen molar-refractivity contribution in [2.24, 2.45) is 0 Å². The lowest BCUT2D eigenvalue weighted by Gasteiger charge is -2.33. The SMILES string of the molecule is O=C(NC[C@H]1O[C@H](Cc2cc(-c3ccc(F)cc3)on2)CC[C@@H]1O)c1ccc(F)cc1. The zero-order valence-corrected chi connectivity index (χ0v) is 16.6. The lowest BCUT2D eigenvalue weighted by Crippen LogP contribution is -2.46. The van der Waals surface area contributed by atoms with Crippen LogP contribution in [0.5, 0.6) is 0 Å². The molecule has 1 aliphatic heterocycles. The molecule has 0 spiro atoms. The summed E-state index contributed by atoms with van der Waals surface area (Å²) in [5, 5.41) is 17.0. The number of aromatic nitrogens is 1. The van der Waals surface area contributed by atoms with Gasteiger partial charge in [-0.15, -0.1) is 0 Å². The molecule has 6 nitrogen and oxygen atoms in total. The molecule has 0 bridgehead atoms. The maximum Gasteiger partial charge on any atom is 0.251 e. The number of carbonyl (C=O) groups is 1. The summed E-state index contributed by atoms with van der Waals surface area (Å²) in [6.07, 6.45) is 0.206. The van der Waals surface area contributed by atoms with Gasteiger partial charge >= 0.3 is 0 Å². The van der Waals surface area contributed by atoms with Crippen LogP contribution in [0.15, 0.2) is 59.1 Å². The summed E-state index contributed by atoms with van der Waals surface area (Å²) in [5.74, 6) is -0.566. The number of aliphatic hydroxyl groups is 1. The zero-order valence-electron chi connectivity index (χ0n) is 16.6. The topological polar surface area (TPSA) is 84.6 Å². The minimum Gasteiger partial charge on any atom is -0.390 e. The van der Waals surface area contributed by atoms with Gasteiger partial charge in [0.1, 0.15) is 17.7 Å². The first-order chi connectivity index (χ1) is 15.0. The normalized spacial score (nSPS) is 21.1. The predicted molar refractivity (Wildman–Crippen MR) is 108 cm³/mol. The van der Waals surface area contributed by atoms with Crippen LogP contribution in [0.3, 0.4) is 0 Å². The van der Waals surface area contributed by atoms with Gasteiger partial charge in [0.15, 0.2) is 5.76 Å². The first-order valence-corrected chi connectivity index (χ1v) is 10.1. The van der Waals surface area contributed by atoms with Gasteiger partial charge in [-0.05, 0) is 61.4 Å². The van der Waals surface area contributed by atoms with Crippen LogP contribution in [-0.4, -0.2) is 41.0 Å². The molecule has 2 N–H and O–H groups in total. The lowest BCUT2D eigenvalue weighted by atomic mass is 9.98. The molecule has 0 unspecified atom stereocenters. The highest BCUT2D eigenvalue weighted by Gasteiger charge is 2.31. The average Bonchev–Trinajstić information content (AvgIpc) is 3.23. The van der Waals surface area contributed by atoms with Crippen molar-refractivity contribution in [2.45, 2.75) is 37.6 Å². The Bertz CT molecular complexity index is 1020. The van der Waals surface area contributed by atoms with E-state index >= 15 is 0 Å². The highest BCUT2D eigenvalue weighted by atomic mass is 19.1. The number of nitrogens with one attached hydrogen (secondary N) is 1. The molecule has 0 aliphatic carbocycles. The maximum atomic E-state index is 13.1. The lowest BCUT2D eigenvalue weighted by molar-refractivity contribution is -0.114. The van der Waals surface area contributed by atoms with Crippen molar-refractivity contribution in [2.75, 3.05) is 6.54 Å². The maximum absolute atomic E-state index is 13.1. The van der Waals surface area contributed by atoms with Gasteiger partial charge < -0.3 is 19.7 Å². The summed E-state index contributed by atoms with van der Waals surface area (Å²) < 4.78 is 37.4. The minimum atomic E-state index is -0.697. The van der Waals surface area contributed by atoms with Crippen LogP contribution < -0.4 is 5.32 Å². The monoisotopic (exact) mass is 428 g/mol. The molecule has 1 aromatic heterocycles. The molecule has 2 heterocycles. The standard InChI is InChI=1S/C23H22F2N2O4/c24-16-5-1-14(2-6-16)21-12-18(27-31-21)11-19-9-10-20(28)22(30-19)13-26-23(29)15-3-7-17(25)8-4-15/h1-8,12,19-20,22,28H,9-11,13H2,(H,26,29)/t19-,20-,22+/m0/s1. The third-order valence-electron chi connectivity index (χ3n) is 5.28. The van der Waals surface area contributed by atoms with E-state index in [0.717, 1.165) is 5.56 Å². The average molecular weight is 428 g/mol. The molecule has 0 radical (unpaired) electrons. The van der Waals surface area contributed by atoms with Crippen molar-refractivity contribution in [3.8, 4) is 11.3 Å². The quantitative estimate of drug-likeness (QED) is 0.628. The van der Waals surface area contributed by atoms with Gasteiger partial charge in [0.05, 0.1) is 17.9 Å². The van der Waals surface area contributed by atoms with E-state index in [1.807, 2.05) is 0 Å². The fraction of sp³-hybridized carbons (Fsp3) is 0.304. The first-order valence-electron chi connectivity index (χ1n) is 10.1. The van der Waals surface area contributed by atoms with Gasteiger partial charge in [-0.3, -0.25) is 4.79 Å². The molecule has 1 amide bonds. The van der Waals surface area contributed by atoms with E-state index in [1.54, 1.807) is 18.2 Å². The number of nitrogens with zero attached hydrogens (tertiary/aromatic N) is 1. The van der Waals surface area contributed by atoms with Gasteiger partial charge in [-0.1, -0.05) is 5.16 Å². The molecule has 8 heteroatoms. The number of ether oxygens (including phenoxy) is 1. The van der Waals surface area contributed by atoms with E-state index in [-0.39, 0.29) is 24.4 Å². The van der Waals surface area contributed by atoms with Gasteiger partial charge in [-0.25, -0.2) is 8.78 Å². The molecule has 1 saturated heterocycles. The van der Waals surface area contributed by atoms with Crippen LogP contribution >= 0.6 is 0 Å². The molecule has 2 aromatic carbocycles. The van der Waals surface area contributed by atoms with Crippen molar-refractivity contribution in [3.63, 3.8) is 0 Å². The van der Waals surface area contributed by atoms with E-state index in [9.17, 15) is 18.7 Å². The Morgan fingerprint density at radius 3 is 2.45 bits per heavy atom. The van der Waals surface area contributed by atoms with Crippen LogP contribution in [0.4, 0.5) is 8.78 Å². The van der Waals surface area contributed by atoms with Crippen molar-refractivity contribution in [1.82, 2.24) is 10.5 Å². The molecule has 162 valence electrons. The Balaban J connectivity index is 1.33. The van der Waals surface area contributed by atoms with Gasteiger partial charge in [0.2, 0.25) is 0 Å². The Labute approximate surface area is 177 Å². The number of amides is 1. The molecule has 1 fully saturated rings. The smallest absolute Gasteiger partial charge is 0.251 e. The number of halogens is 2. The minimum absolute atomic E-state index is 0.132. The summed E-state index contributed by atoms with van der Waals surface area (Å²) in [4.78, 5) is 12.2. The fourth-order valence-electron chi connectivity index (χ4n) is 3.57. The van der Waals surface area contributed by atoms with Crippen molar-refractivity contribution >= 4 is 5.91 Å². The van der Waals surface area contributed by atoms with Crippen LogP contribution in [0.25, 0.3) is 11.3 Å². The molecular weight excluding hydrogens is 406 g/mol. The first kappa shape index (κ1) is 21.1. The molecule has 3 atom stereocenters. The Morgan fingerprint density at radius 2 is 1.74 bits per heavy atom. The van der Waals surface area contributed by atoms with Crippen molar-refractivity contribution in [3.05, 3.63) is 77.5 Å². The highest BCUT2D eigenvalue weighted by molar-refractivity contribution is 5.94. The molecule has 0 saturated carbocycles. The third kappa shape index (κ3) is 5.34. The Hall–Kier alpha value is -3.10. The Morgan fingerprint density at radius 1 is 1.06 bits per heavy atom. The molecular formula is C23H22F2N2O4. The predicted octanol–water partition coefficient (Wildman–Crippen LogP) is 3.50. The number of rotatable bonds is 6. The largest absolute Gasteiger partial charge is 0.390 e. The second-order valence-corrected chi connectivity index (χ2v) is 7.55. The fourth-order valence-corrected chi connectivity index (χ4v) is 3.57. The Kier molecular flexibility index (Phi) is 6.39. The van der Waals surface area contributed by atoms with Gasteiger partial charge in [-0.2, -0.15) is 0 Å². The number of aliphatic hydroxyl groups excluding tert-OH is 1. The van der Waals surface area contributed by atoms with E-state index in [4.69, 9.17) is 9.26 Å². The summed E-state index contributed by atoms with van der Waals surface area (Å²) in [6.45, 7) is 0.132. The summed E-state index contributed by atoms with van der Waals surface area (Å²) in [6, 6.07) is 13.0. The summed E-state index contributed by atoms with van der Waals surface area (Å²) >= 11 is 0. The highest BCUT2D eigenvalue weighted by Crippen LogP contribution is 2.25. The van der Waals surface area contributed by atoms with Gasteiger partial charge in [0.25, 0.3) is 5.91 Å². The summed E-state index contributed by atoms with van der Waals surface area (Å²) in [5.41, 5.74) is 1.75. The van der Waals surface area contributed by atoms with E-state index < -0.39 is 18.0 Å². The zero-order chi connectivity index (χ0) is 21.8. The van der Waals surface area contributed by atoms with Crippen molar-refractivity contribution in [1.29, 1.82) is 0 Å². The van der Waals surface area contributed by atoms with Crippen LogP contribution in [0.2, 0.25) is 0 Å². The second kappa shape index (κ2) is 9.36. The third-order valence-corrected chi connectivity index (χ3v) is 5.28. The molecule has 31 heavy (non-hydrogen) atoms. The number of hydrogen-bond donors (Lipinski definition) is 2. The van der Waals surface area contributed by atoms with E-state index in [0.29, 0.717) is 36.3 Å². The summed E-state index contributed by atoms with van der Waals surface area (Å²) in [7, 11) is 0. The molecule has 4 rings (SSSR count). The molecule has 1 aliphatic rings. The number of hydrogen-bond acceptors (Lipinski definition) is 5. The van der Waals surface area contributed by atoms with Crippen LogP contribution in [0.1, 0.15) is 28.9 Å². The van der Waals surface area contributed by atoms with Gasteiger partial charge in [0, 0.05) is 30.2 Å². The van der Waals surface area contributed by atoms with Crippen LogP contribution in [-0.2, 0) is 11.2 Å². The molecule has 3 aromatic rings. The second-order valence-electron chi connectivity index (χ2n) is 7.55. The number of benzene rings is 2. The van der Waals surface area contributed by atoms with Crippen molar-refractivity contribution < 1.29 is 27.9 Å². The van der Waals surface area contributed by atoms with E-state index in [2.05, 4.69) is 10.5 Å². The number of carbonyl (C=O) groups excluding carboxylic acids is 1.